The van der Waals surface area contributed by atoms with Crippen molar-refractivity contribution >= 4 is 17.7 Å². The maximum absolute atomic E-state index is 12.3. The van der Waals surface area contributed by atoms with Gasteiger partial charge in [0.25, 0.3) is 0 Å². The van der Waals surface area contributed by atoms with Gasteiger partial charge in [0.1, 0.15) is 6.33 Å². The van der Waals surface area contributed by atoms with E-state index in [1.165, 1.54) is 24.6 Å². The van der Waals surface area contributed by atoms with E-state index in [2.05, 4.69) is 21.7 Å². The lowest BCUT2D eigenvalue weighted by Gasteiger charge is -2.25. The minimum absolute atomic E-state index is 0.0237. The second-order valence-electron chi connectivity index (χ2n) is 5.64. The molecule has 2 unspecified atom stereocenters. The van der Waals surface area contributed by atoms with Crippen LogP contribution in [0.2, 0.25) is 0 Å². The van der Waals surface area contributed by atoms with Gasteiger partial charge in [0.2, 0.25) is 5.91 Å². The Balaban J connectivity index is 1.58. The molecule has 6 nitrogen and oxygen atoms in total. The van der Waals surface area contributed by atoms with Crippen LogP contribution in [-0.4, -0.2) is 55.6 Å². The van der Waals surface area contributed by atoms with E-state index >= 15 is 0 Å². The van der Waals surface area contributed by atoms with Crippen LogP contribution in [0.4, 0.5) is 0 Å². The molecule has 1 aromatic rings. The first kappa shape index (κ1) is 13.9. The van der Waals surface area contributed by atoms with Crippen LogP contribution in [0.3, 0.4) is 0 Å². The maximum atomic E-state index is 12.3. The number of aliphatic hydroxyl groups is 1. The van der Waals surface area contributed by atoms with Gasteiger partial charge in [-0.15, -0.1) is 10.2 Å². The second kappa shape index (κ2) is 5.73. The predicted octanol–water partition coefficient (Wildman–Crippen LogP) is 0.934. The summed E-state index contributed by atoms with van der Waals surface area (Å²) < 4.78 is 2.06. The van der Waals surface area contributed by atoms with Gasteiger partial charge in [-0.1, -0.05) is 18.7 Å². The zero-order chi connectivity index (χ0) is 14.1. The molecule has 1 saturated heterocycles. The Labute approximate surface area is 122 Å². The third-order valence-electron chi connectivity index (χ3n) is 4.20. The van der Waals surface area contributed by atoms with E-state index in [0.717, 1.165) is 18.1 Å². The van der Waals surface area contributed by atoms with Crippen LogP contribution in [0, 0.1) is 5.92 Å². The zero-order valence-electron chi connectivity index (χ0n) is 11.6. The number of rotatable bonds is 5. The van der Waals surface area contributed by atoms with Crippen LogP contribution in [0.5, 0.6) is 0 Å². The second-order valence-corrected chi connectivity index (χ2v) is 6.59. The van der Waals surface area contributed by atoms with Crippen molar-refractivity contribution in [3.63, 3.8) is 0 Å². The number of amides is 1. The summed E-state index contributed by atoms with van der Waals surface area (Å²) >= 11 is 1.45. The van der Waals surface area contributed by atoms with Gasteiger partial charge in [0, 0.05) is 12.6 Å². The molecular weight excluding hydrogens is 276 g/mol. The van der Waals surface area contributed by atoms with Crippen LogP contribution in [0.25, 0.3) is 0 Å². The minimum Gasteiger partial charge on any atom is -0.394 e. The predicted molar refractivity (Wildman–Crippen MR) is 75.4 cm³/mol. The molecule has 0 aromatic carbocycles. The standard InChI is InChI=1S/C13H20N4O2S/c1-9-4-5-16(11(9)6-18)12(19)7-20-13-15-14-8-17(13)10-2-3-10/h8-11,18H,2-7H2,1H3. The SMILES string of the molecule is CC1CCN(C(=O)CSc2nncn2C2CC2)C1CO. The number of carbonyl (C=O) groups is 1. The summed E-state index contributed by atoms with van der Waals surface area (Å²) in [7, 11) is 0. The summed E-state index contributed by atoms with van der Waals surface area (Å²) in [5.41, 5.74) is 0. The van der Waals surface area contributed by atoms with E-state index in [9.17, 15) is 9.90 Å². The first-order valence-electron chi connectivity index (χ1n) is 7.13. The summed E-state index contributed by atoms with van der Waals surface area (Å²) in [6.45, 7) is 2.89. The van der Waals surface area contributed by atoms with E-state index in [1.807, 2.05) is 4.90 Å². The van der Waals surface area contributed by atoms with Gasteiger partial charge in [-0.25, -0.2) is 0 Å². The molecule has 1 aliphatic heterocycles. The van der Waals surface area contributed by atoms with E-state index in [4.69, 9.17) is 0 Å². The molecule has 1 aliphatic carbocycles. The Morgan fingerprint density at radius 1 is 1.50 bits per heavy atom. The van der Waals surface area contributed by atoms with E-state index in [-0.39, 0.29) is 18.6 Å². The molecule has 0 bridgehead atoms. The topological polar surface area (TPSA) is 71.2 Å². The Morgan fingerprint density at radius 3 is 3.00 bits per heavy atom. The van der Waals surface area contributed by atoms with Gasteiger partial charge in [-0.2, -0.15) is 0 Å². The maximum Gasteiger partial charge on any atom is 0.233 e. The third-order valence-corrected chi connectivity index (χ3v) is 5.14. The minimum atomic E-state index is -0.0237. The fraction of sp³-hybridized carbons (Fsp3) is 0.769. The molecule has 20 heavy (non-hydrogen) atoms. The number of aliphatic hydroxyl groups excluding tert-OH is 1. The van der Waals surface area contributed by atoms with Crippen molar-refractivity contribution in [1.82, 2.24) is 19.7 Å². The molecule has 110 valence electrons. The third kappa shape index (κ3) is 2.69. The van der Waals surface area contributed by atoms with Crippen molar-refractivity contribution in [2.24, 2.45) is 5.92 Å². The number of likely N-dealkylation sites (tertiary alicyclic amines) is 1. The molecule has 1 N–H and O–H groups in total. The average Bonchev–Trinajstić information content (AvgIpc) is 3.06. The molecule has 2 fully saturated rings. The number of nitrogens with zero attached hydrogens (tertiary/aromatic N) is 4. The van der Waals surface area contributed by atoms with E-state index in [1.54, 1.807) is 6.33 Å². The molecule has 0 spiro atoms. The van der Waals surface area contributed by atoms with Gasteiger partial charge < -0.3 is 14.6 Å². The van der Waals surface area contributed by atoms with Crippen molar-refractivity contribution in [3.8, 4) is 0 Å². The first-order chi connectivity index (χ1) is 9.70. The molecule has 2 heterocycles. The molecule has 0 radical (unpaired) electrons. The lowest BCUT2D eigenvalue weighted by Crippen LogP contribution is -2.40. The molecule has 1 saturated carbocycles. The molecule has 2 atom stereocenters. The van der Waals surface area contributed by atoms with Crippen LogP contribution < -0.4 is 0 Å². The van der Waals surface area contributed by atoms with Crippen molar-refractivity contribution < 1.29 is 9.90 Å². The highest BCUT2D eigenvalue weighted by Crippen LogP contribution is 2.37. The summed E-state index contributed by atoms with van der Waals surface area (Å²) in [5.74, 6) is 0.835. The van der Waals surface area contributed by atoms with Gasteiger partial charge in [0.15, 0.2) is 5.16 Å². The summed E-state index contributed by atoms with van der Waals surface area (Å²) in [6.07, 6.45) is 5.07. The van der Waals surface area contributed by atoms with Crippen molar-refractivity contribution in [2.75, 3.05) is 18.9 Å². The van der Waals surface area contributed by atoms with Gasteiger partial charge in [-0.3, -0.25) is 4.79 Å². The summed E-state index contributed by atoms with van der Waals surface area (Å²) in [5, 5.41) is 18.2. The van der Waals surface area contributed by atoms with Crippen LogP contribution in [0.15, 0.2) is 11.5 Å². The lowest BCUT2D eigenvalue weighted by atomic mass is 10.0. The van der Waals surface area contributed by atoms with E-state index < -0.39 is 0 Å². The normalized spacial score (nSPS) is 26.2. The average molecular weight is 296 g/mol. The number of aromatic nitrogens is 3. The molecule has 7 heteroatoms. The fourth-order valence-electron chi connectivity index (χ4n) is 2.74. The number of thioether (sulfide) groups is 1. The highest BCUT2D eigenvalue weighted by Gasteiger charge is 2.34. The Hall–Kier alpha value is -1.08. The van der Waals surface area contributed by atoms with Crippen molar-refractivity contribution in [3.05, 3.63) is 6.33 Å². The van der Waals surface area contributed by atoms with Crippen molar-refractivity contribution in [1.29, 1.82) is 0 Å². The smallest absolute Gasteiger partial charge is 0.233 e. The highest BCUT2D eigenvalue weighted by molar-refractivity contribution is 7.99. The Bertz CT molecular complexity index is 488. The van der Waals surface area contributed by atoms with Crippen LogP contribution in [0.1, 0.15) is 32.2 Å². The lowest BCUT2D eigenvalue weighted by molar-refractivity contribution is -0.130. The Kier molecular flexibility index (Phi) is 3.98. The molecule has 1 aromatic heterocycles. The Morgan fingerprint density at radius 2 is 2.30 bits per heavy atom. The van der Waals surface area contributed by atoms with E-state index in [0.29, 0.717) is 17.7 Å². The quantitative estimate of drug-likeness (QED) is 0.819. The van der Waals surface area contributed by atoms with Crippen LogP contribution in [-0.2, 0) is 4.79 Å². The van der Waals surface area contributed by atoms with Gasteiger partial charge in [-0.05, 0) is 25.2 Å². The zero-order valence-corrected chi connectivity index (χ0v) is 12.4. The monoisotopic (exact) mass is 296 g/mol. The molecular formula is C13H20N4O2S. The fourth-order valence-corrected chi connectivity index (χ4v) is 3.61. The molecule has 3 rings (SSSR count). The summed E-state index contributed by atoms with van der Waals surface area (Å²) in [4.78, 5) is 14.1. The largest absolute Gasteiger partial charge is 0.394 e. The van der Waals surface area contributed by atoms with Gasteiger partial charge in [0.05, 0.1) is 18.4 Å². The number of hydrogen-bond donors (Lipinski definition) is 1. The number of hydrogen-bond acceptors (Lipinski definition) is 5. The van der Waals surface area contributed by atoms with Gasteiger partial charge >= 0.3 is 0 Å². The highest BCUT2D eigenvalue weighted by atomic mass is 32.2. The molecule has 2 aliphatic rings. The first-order valence-corrected chi connectivity index (χ1v) is 8.12. The van der Waals surface area contributed by atoms with Crippen LogP contribution >= 0.6 is 11.8 Å². The molecule has 1 amide bonds. The van der Waals surface area contributed by atoms with Crippen molar-refractivity contribution in [2.45, 2.75) is 43.4 Å². The summed E-state index contributed by atoms with van der Waals surface area (Å²) in [6, 6.07) is 0.504. The number of carbonyl (C=O) groups excluding carboxylic acids is 1.